The van der Waals surface area contributed by atoms with Gasteiger partial charge in [0.1, 0.15) is 0 Å². The lowest BCUT2D eigenvalue weighted by Gasteiger charge is -2.20. The molecule has 0 bridgehead atoms. The van der Waals surface area contributed by atoms with Crippen LogP contribution in [0.2, 0.25) is 0 Å². The van der Waals surface area contributed by atoms with Crippen molar-refractivity contribution in [1.29, 1.82) is 0 Å². The second-order valence-corrected chi connectivity index (χ2v) is 6.48. The van der Waals surface area contributed by atoms with Gasteiger partial charge < -0.3 is 9.84 Å². The maximum atomic E-state index is 12.0. The van der Waals surface area contributed by atoms with E-state index >= 15 is 0 Å². The van der Waals surface area contributed by atoms with Crippen LogP contribution >= 0.6 is 0 Å². The lowest BCUT2D eigenvalue weighted by molar-refractivity contribution is -0.218. The van der Waals surface area contributed by atoms with E-state index in [0.717, 1.165) is 0 Å². The number of alkyl halides is 3. The number of sulfonamides is 1. The van der Waals surface area contributed by atoms with Gasteiger partial charge in [0.2, 0.25) is 0 Å². The summed E-state index contributed by atoms with van der Waals surface area (Å²) in [6.07, 6.45) is -0.139. The first-order chi connectivity index (χ1) is 9.33. The van der Waals surface area contributed by atoms with Gasteiger partial charge in [-0.05, 0) is 39.0 Å². The second-order valence-electron chi connectivity index (χ2n) is 4.88. The highest BCUT2D eigenvalue weighted by molar-refractivity contribution is 7.91. The zero-order chi connectivity index (χ0) is 16.9. The molecule has 0 atom stereocenters. The highest BCUT2D eigenvalue weighted by atomic mass is 32.2. The van der Waals surface area contributed by atoms with Gasteiger partial charge in [-0.15, -0.1) is 0 Å². The van der Waals surface area contributed by atoms with Crippen LogP contribution in [0.15, 0.2) is 4.40 Å². The Bertz CT molecular complexity index is 496. The highest BCUT2D eigenvalue weighted by Gasteiger charge is 2.45. The summed E-state index contributed by atoms with van der Waals surface area (Å²) >= 11 is 0. The van der Waals surface area contributed by atoms with Gasteiger partial charge in [0.25, 0.3) is 0 Å². The van der Waals surface area contributed by atoms with E-state index in [1.807, 2.05) is 0 Å². The van der Waals surface area contributed by atoms with Crippen molar-refractivity contribution in [2.75, 3.05) is 6.61 Å². The molecule has 0 radical (unpaired) electrons. The summed E-state index contributed by atoms with van der Waals surface area (Å²) in [5, 5.41) is 11.0. The zero-order valence-electron chi connectivity index (χ0n) is 11.9. The Labute approximate surface area is 121 Å². The molecule has 21 heavy (non-hydrogen) atoms. The van der Waals surface area contributed by atoms with Crippen LogP contribution in [0.4, 0.5) is 13.2 Å². The average Bonchev–Trinajstić information content (AvgIpc) is 2.32. The monoisotopic (exact) mass is 332 g/mol. The van der Waals surface area contributed by atoms with E-state index in [-0.39, 0.29) is 13.0 Å². The molecule has 0 aliphatic heterocycles. The van der Waals surface area contributed by atoms with Crippen molar-refractivity contribution in [2.24, 2.45) is 9.81 Å². The molecular weight excluding hydrogens is 315 g/mol. The van der Waals surface area contributed by atoms with Crippen molar-refractivity contribution in [3.8, 4) is 0 Å². The van der Waals surface area contributed by atoms with Crippen LogP contribution in [0.5, 0.6) is 0 Å². The Kier molecular flexibility index (Phi) is 6.65. The summed E-state index contributed by atoms with van der Waals surface area (Å²) in [7, 11) is -5.81. The van der Waals surface area contributed by atoms with Gasteiger partial charge in [0.15, 0.2) is 0 Å². The predicted octanol–water partition coefficient (Wildman–Crippen LogP) is 1.35. The van der Waals surface area contributed by atoms with Gasteiger partial charge in [0, 0.05) is 0 Å². The fourth-order valence-electron chi connectivity index (χ4n) is 0.959. The van der Waals surface area contributed by atoms with Crippen molar-refractivity contribution < 1.29 is 36.2 Å². The Morgan fingerprint density at radius 1 is 1.29 bits per heavy atom. The topological polar surface area (TPSA) is 95.9 Å². The van der Waals surface area contributed by atoms with E-state index in [1.165, 1.54) is 0 Å². The average molecular weight is 332 g/mol. The molecule has 0 aromatic carbocycles. The lowest BCUT2D eigenvalue weighted by atomic mass is 9.91. The summed E-state index contributed by atoms with van der Waals surface area (Å²) < 4.78 is 64.0. The van der Waals surface area contributed by atoms with E-state index in [1.54, 1.807) is 20.8 Å². The molecule has 6 nitrogen and oxygen atoms in total. The molecule has 0 aliphatic rings. The van der Waals surface area contributed by atoms with Gasteiger partial charge in [-0.2, -0.15) is 26.0 Å². The third-order valence-electron chi connectivity index (χ3n) is 2.72. The maximum Gasteiger partial charge on any atom is 0.518 e. The van der Waals surface area contributed by atoms with E-state index in [0.29, 0.717) is 6.42 Å². The van der Waals surface area contributed by atoms with Crippen molar-refractivity contribution in [3.05, 3.63) is 0 Å². The van der Waals surface area contributed by atoms with E-state index in [9.17, 15) is 31.5 Å². The SMILES string of the molecule is CCC(C)(C)C(=O)OCCC/C([O-])=N/S(=O)(=O)C(F)(F)F. The number of hydrogen-bond acceptors (Lipinski definition) is 5. The molecule has 0 spiro atoms. The molecule has 0 fully saturated rings. The summed E-state index contributed by atoms with van der Waals surface area (Å²) in [6, 6.07) is 0. The predicted molar refractivity (Wildman–Crippen MR) is 66.7 cm³/mol. The minimum atomic E-state index is -5.81. The molecule has 0 aromatic heterocycles. The first-order valence-corrected chi connectivity index (χ1v) is 7.52. The van der Waals surface area contributed by atoms with E-state index in [4.69, 9.17) is 4.74 Å². The molecule has 0 heterocycles. The summed E-state index contributed by atoms with van der Waals surface area (Å²) in [6.45, 7) is 4.90. The molecule has 0 N–H and O–H groups in total. The second kappa shape index (κ2) is 7.10. The van der Waals surface area contributed by atoms with E-state index in [2.05, 4.69) is 4.40 Å². The van der Waals surface area contributed by atoms with Crippen LogP contribution in [0.1, 0.15) is 40.0 Å². The number of halogens is 3. The summed E-state index contributed by atoms with van der Waals surface area (Å²) in [5.41, 5.74) is -6.30. The first kappa shape index (κ1) is 19.7. The van der Waals surface area contributed by atoms with E-state index < -0.39 is 39.2 Å². The van der Waals surface area contributed by atoms with Gasteiger partial charge in [-0.25, -0.2) is 0 Å². The molecule has 0 aromatic rings. The maximum absolute atomic E-state index is 12.0. The molecule has 0 rings (SSSR count). The van der Waals surface area contributed by atoms with Gasteiger partial charge in [-0.3, -0.25) is 4.79 Å². The Morgan fingerprint density at radius 3 is 2.24 bits per heavy atom. The van der Waals surface area contributed by atoms with Crippen LogP contribution in [-0.2, 0) is 19.6 Å². The molecule has 124 valence electrons. The van der Waals surface area contributed by atoms with Gasteiger partial charge >= 0.3 is 21.5 Å². The third-order valence-corrected chi connectivity index (χ3v) is 3.75. The number of carbonyl (C=O) groups is 1. The van der Waals surface area contributed by atoms with Crippen LogP contribution in [0.25, 0.3) is 0 Å². The quantitative estimate of drug-likeness (QED) is 0.303. The molecule has 0 amide bonds. The molecule has 0 unspecified atom stereocenters. The normalized spacial score (nSPS) is 14.1. The van der Waals surface area contributed by atoms with Gasteiger partial charge in [0.05, 0.1) is 12.0 Å². The third kappa shape index (κ3) is 6.32. The number of nitrogens with zero attached hydrogens (tertiary/aromatic N) is 1. The van der Waals surface area contributed by atoms with Crippen molar-refractivity contribution in [2.45, 2.75) is 45.5 Å². The number of ether oxygens (including phenoxy) is 1. The number of hydrogen-bond donors (Lipinski definition) is 0. The van der Waals surface area contributed by atoms with Crippen LogP contribution in [0.3, 0.4) is 0 Å². The summed E-state index contributed by atoms with van der Waals surface area (Å²) in [4.78, 5) is 11.5. The van der Waals surface area contributed by atoms with Crippen molar-refractivity contribution >= 4 is 21.9 Å². The molecular formula is C11H17F3NO5S-. The molecule has 0 aliphatic carbocycles. The Balaban J connectivity index is 4.36. The molecule has 0 saturated carbocycles. The Hall–Kier alpha value is -1.32. The number of rotatable bonds is 7. The fourth-order valence-corrected chi connectivity index (χ4v) is 1.42. The fraction of sp³-hybridized carbons (Fsp3) is 0.818. The number of esters is 1. The first-order valence-electron chi connectivity index (χ1n) is 6.08. The number of carbonyl (C=O) groups excluding carboxylic acids is 1. The lowest BCUT2D eigenvalue weighted by Crippen LogP contribution is -2.28. The Morgan fingerprint density at radius 2 is 1.81 bits per heavy atom. The zero-order valence-corrected chi connectivity index (χ0v) is 12.7. The van der Waals surface area contributed by atoms with Crippen LogP contribution in [-0.4, -0.2) is 32.4 Å². The molecule has 10 heteroatoms. The largest absolute Gasteiger partial charge is 0.861 e. The van der Waals surface area contributed by atoms with Crippen LogP contribution in [0, 0.1) is 5.41 Å². The van der Waals surface area contributed by atoms with Crippen LogP contribution < -0.4 is 5.11 Å². The standard InChI is InChI=1S/C11H18F3NO5S/c1-4-10(2,3)9(17)20-7-5-6-8(16)15-21(18,19)11(12,13)14/h4-7H2,1-3H3,(H,15,16)/p-1. The minimum Gasteiger partial charge on any atom is -0.861 e. The molecule has 0 saturated heterocycles. The van der Waals surface area contributed by atoms with Gasteiger partial charge in [-0.1, -0.05) is 6.92 Å². The minimum absolute atomic E-state index is 0.110. The highest BCUT2D eigenvalue weighted by Crippen LogP contribution is 2.24. The summed E-state index contributed by atoms with van der Waals surface area (Å²) in [5.74, 6) is -1.93. The van der Waals surface area contributed by atoms with Crippen molar-refractivity contribution in [3.63, 3.8) is 0 Å². The smallest absolute Gasteiger partial charge is 0.518 e. The van der Waals surface area contributed by atoms with Crippen molar-refractivity contribution in [1.82, 2.24) is 0 Å².